The molecule has 0 bridgehead atoms. The highest BCUT2D eigenvalue weighted by Crippen LogP contribution is 2.12. The molecule has 3 aromatic heterocycles. The summed E-state index contributed by atoms with van der Waals surface area (Å²) in [5, 5.41) is 2.70. The van der Waals surface area contributed by atoms with Crippen molar-refractivity contribution in [3.05, 3.63) is 53.2 Å². The van der Waals surface area contributed by atoms with Crippen LogP contribution in [0.15, 0.2) is 24.7 Å². The van der Waals surface area contributed by atoms with Crippen LogP contribution in [0.3, 0.4) is 0 Å². The van der Waals surface area contributed by atoms with Crippen LogP contribution in [0.25, 0.3) is 5.65 Å². The van der Waals surface area contributed by atoms with Gasteiger partial charge in [0.25, 0.3) is 5.91 Å². The Morgan fingerprint density at radius 1 is 1.35 bits per heavy atom. The van der Waals surface area contributed by atoms with Crippen LogP contribution < -0.4 is 5.32 Å². The molecule has 7 heteroatoms. The predicted molar refractivity (Wildman–Crippen MR) is 83.9 cm³/mol. The lowest BCUT2D eigenvalue weighted by Crippen LogP contribution is -2.28. The normalized spacial score (nSPS) is 11.1. The van der Waals surface area contributed by atoms with E-state index in [-0.39, 0.29) is 5.69 Å². The van der Waals surface area contributed by atoms with E-state index in [4.69, 9.17) is 0 Å². The van der Waals surface area contributed by atoms with Crippen LogP contribution >= 0.6 is 0 Å². The first-order valence-electron chi connectivity index (χ1n) is 7.38. The summed E-state index contributed by atoms with van der Waals surface area (Å²) < 4.78 is 17.5. The van der Waals surface area contributed by atoms with Crippen LogP contribution in [0.2, 0.25) is 0 Å². The van der Waals surface area contributed by atoms with Crippen LogP contribution in [-0.2, 0) is 6.54 Å². The van der Waals surface area contributed by atoms with Crippen LogP contribution in [0.5, 0.6) is 0 Å². The third-order valence-corrected chi connectivity index (χ3v) is 3.92. The first-order valence-corrected chi connectivity index (χ1v) is 7.38. The quantitative estimate of drug-likeness (QED) is 0.801. The lowest BCUT2D eigenvalue weighted by molar-refractivity contribution is 0.0943. The van der Waals surface area contributed by atoms with E-state index in [2.05, 4.69) is 15.3 Å². The van der Waals surface area contributed by atoms with Gasteiger partial charge in [0, 0.05) is 25.0 Å². The standard InChI is InChI=1S/C16H18FN5O/c1-10-4-6-22-13(8-10)20-14(15(22)17)16(23)18-5-7-21-9-19-11(2)12(21)3/h4,6,8-9H,5,7H2,1-3H3,(H,18,23). The number of halogens is 1. The van der Waals surface area contributed by atoms with Crippen LogP contribution in [0.4, 0.5) is 4.39 Å². The molecule has 0 unspecified atom stereocenters. The largest absolute Gasteiger partial charge is 0.349 e. The third kappa shape index (κ3) is 2.81. The number of rotatable bonds is 4. The number of fused-ring (bicyclic) bond motifs is 1. The Bertz CT molecular complexity index is 880. The Labute approximate surface area is 133 Å². The van der Waals surface area contributed by atoms with E-state index in [9.17, 15) is 9.18 Å². The average Bonchev–Trinajstić information content (AvgIpc) is 3.01. The summed E-state index contributed by atoms with van der Waals surface area (Å²) in [5.41, 5.74) is 3.20. The number of imidazole rings is 2. The Kier molecular flexibility index (Phi) is 3.85. The fourth-order valence-corrected chi connectivity index (χ4v) is 2.40. The van der Waals surface area contributed by atoms with Crippen molar-refractivity contribution in [1.82, 2.24) is 24.3 Å². The van der Waals surface area contributed by atoms with Crippen molar-refractivity contribution >= 4 is 11.6 Å². The second-order valence-electron chi connectivity index (χ2n) is 5.55. The molecule has 0 saturated heterocycles. The molecule has 3 aromatic rings. The van der Waals surface area contributed by atoms with Crippen molar-refractivity contribution in [3.63, 3.8) is 0 Å². The number of nitrogens with zero attached hydrogens (tertiary/aromatic N) is 4. The highest BCUT2D eigenvalue weighted by Gasteiger charge is 2.18. The summed E-state index contributed by atoms with van der Waals surface area (Å²) in [7, 11) is 0. The maximum Gasteiger partial charge on any atom is 0.274 e. The van der Waals surface area contributed by atoms with Crippen molar-refractivity contribution in [2.45, 2.75) is 27.3 Å². The molecule has 1 N–H and O–H groups in total. The van der Waals surface area contributed by atoms with Crippen LogP contribution in [-0.4, -0.2) is 31.4 Å². The van der Waals surface area contributed by atoms with Gasteiger partial charge < -0.3 is 9.88 Å². The van der Waals surface area contributed by atoms with Gasteiger partial charge in [0.2, 0.25) is 5.95 Å². The molecule has 23 heavy (non-hydrogen) atoms. The number of hydrogen-bond acceptors (Lipinski definition) is 3. The number of pyridine rings is 1. The summed E-state index contributed by atoms with van der Waals surface area (Å²) in [4.78, 5) is 20.4. The SMILES string of the molecule is Cc1ccn2c(F)c(C(=O)NCCn3cnc(C)c3C)nc2c1. The van der Waals surface area contributed by atoms with E-state index in [1.54, 1.807) is 24.7 Å². The summed E-state index contributed by atoms with van der Waals surface area (Å²) in [6.07, 6.45) is 3.30. The number of carbonyl (C=O) groups excluding carboxylic acids is 1. The van der Waals surface area contributed by atoms with Gasteiger partial charge in [-0.25, -0.2) is 9.97 Å². The maximum atomic E-state index is 14.3. The zero-order valence-electron chi connectivity index (χ0n) is 13.3. The lowest BCUT2D eigenvalue weighted by Gasteiger charge is -2.06. The molecule has 0 aromatic carbocycles. The molecule has 0 aliphatic rings. The van der Waals surface area contributed by atoms with E-state index in [0.29, 0.717) is 18.7 Å². The van der Waals surface area contributed by atoms with Crippen molar-refractivity contribution < 1.29 is 9.18 Å². The molecular weight excluding hydrogens is 297 g/mol. The van der Waals surface area contributed by atoms with E-state index in [1.165, 1.54) is 4.40 Å². The second kappa shape index (κ2) is 5.83. The first-order chi connectivity index (χ1) is 11.0. The zero-order valence-corrected chi connectivity index (χ0v) is 13.3. The highest BCUT2D eigenvalue weighted by atomic mass is 19.1. The van der Waals surface area contributed by atoms with Crippen molar-refractivity contribution in [2.75, 3.05) is 6.54 Å². The monoisotopic (exact) mass is 315 g/mol. The molecule has 0 aliphatic heterocycles. The van der Waals surface area contributed by atoms with Gasteiger partial charge in [0.05, 0.1) is 12.0 Å². The summed E-state index contributed by atoms with van der Waals surface area (Å²) in [6, 6.07) is 3.50. The molecular formula is C16H18FN5O. The Morgan fingerprint density at radius 2 is 2.13 bits per heavy atom. The molecule has 3 rings (SSSR count). The minimum atomic E-state index is -0.646. The first kappa shape index (κ1) is 15.2. The van der Waals surface area contributed by atoms with Gasteiger partial charge >= 0.3 is 0 Å². The van der Waals surface area contributed by atoms with E-state index < -0.39 is 11.9 Å². The molecule has 0 fully saturated rings. The van der Waals surface area contributed by atoms with Crippen molar-refractivity contribution in [2.24, 2.45) is 0 Å². The molecule has 0 aliphatic carbocycles. The second-order valence-corrected chi connectivity index (χ2v) is 5.55. The number of carbonyl (C=O) groups is 1. The Hall–Kier alpha value is -2.70. The molecule has 1 amide bonds. The van der Waals surface area contributed by atoms with Gasteiger partial charge in [-0.2, -0.15) is 4.39 Å². The molecule has 0 radical (unpaired) electrons. The number of hydrogen-bond donors (Lipinski definition) is 1. The highest BCUT2D eigenvalue weighted by molar-refractivity contribution is 5.93. The Morgan fingerprint density at radius 3 is 2.83 bits per heavy atom. The van der Waals surface area contributed by atoms with Gasteiger partial charge in [-0.15, -0.1) is 0 Å². The van der Waals surface area contributed by atoms with Gasteiger partial charge in [0.15, 0.2) is 5.69 Å². The fraction of sp³-hybridized carbons (Fsp3) is 0.312. The van der Waals surface area contributed by atoms with Gasteiger partial charge in [0.1, 0.15) is 5.65 Å². The van der Waals surface area contributed by atoms with Gasteiger partial charge in [-0.3, -0.25) is 9.20 Å². The molecule has 120 valence electrons. The van der Waals surface area contributed by atoms with Crippen LogP contribution in [0, 0.1) is 26.7 Å². The number of aromatic nitrogens is 4. The van der Waals surface area contributed by atoms with E-state index in [1.807, 2.05) is 25.3 Å². The third-order valence-electron chi connectivity index (χ3n) is 3.92. The van der Waals surface area contributed by atoms with Gasteiger partial charge in [-0.1, -0.05) is 0 Å². The minimum Gasteiger partial charge on any atom is -0.349 e. The predicted octanol–water partition coefficient (Wildman–Crippen LogP) is 2.03. The molecule has 0 saturated carbocycles. The number of amides is 1. The molecule has 0 spiro atoms. The number of aryl methyl sites for hydroxylation is 2. The summed E-state index contributed by atoms with van der Waals surface area (Å²) in [5.74, 6) is -1.16. The van der Waals surface area contributed by atoms with Gasteiger partial charge in [-0.05, 0) is 38.5 Å². The van der Waals surface area contributed by atoms with E-state index in [0.717, 1.165) is 17.0 Å². The van der Waals surface area contributed by atoms with Crippen LogP contribution in [0.1, 0.15) is 27.4 Å². The lowest BCUT2D eigenvalue weighted by atomic mass is 10.3. The maximum absolute atomic E-state index is 14.3. The number of nitrogens with one attached hydrogen (secondary N) is 1. The molecule has 3 heterocycles. The molecule has 0 atom stereocenters. The summed E-state index contributed by atoms with van der Waals surface area (Å²) >= 11 is 0. The smallest absolute Gasteiger partial charge is 0.274 e. The topological polar surface area (TPSA) is 64.2 Å². The minimum absolute atomic E-state index is 0.186. The van der Waals surface area contributed by atoms with E-state index >= 15 is 0 Å². The zero-order chi connectivity index (χ0) is 16.6. The van der Waals surface area contributed by atoms with Crippen molar-refractivity contribution in [3.8, 4) is 0 Å². The average molecular weight is 315 g/mol. The summed E-state index contributed by atoms with van der Waals surface area (Å²) in [6.45, 7) is 6.74. The fourth-order valence-electron chi connectivity index (χ4n) is 2.40. The Balaban J connectivity index is 1.71. The van der Waals surface area contributed by atoms with Crippen molar-refractivity contribution in [1.29, 1.82) is 0 Å². The molecule has 6 nitrogen and oxygen atoms in total.